The van der Waals surface area contributed by atoms with Crippen LogP contribution in [-0.4, -0.2) is 24.8 Å². The molecule has 0 spiro atoms. The second-order valence-corrected chi connectivity index (χ2v) is 5.24. The van der Waals surface area contributed by atoms with E-state index in [1.165, 1.54) is 25.7 Å². The summed E-state index contributed by atoms with van der Waals surface area (Å²) in [5.74, 6) is 0.767. The summed E-state index contributed by atoms with van der Waals surface area (Å²) in [5, 5.41) is 7.89. The van der Waals surface area contributed by atoms with Gasteiger partial charge in [0.15, 0.2) is 5.84 Å². The fraction of sp³-hybridized carbons (Fsp3) is 0.500. The van der Waals surface area contributed by atoms with Crippen molar-refractivity contribution in [2.24, 2.45) is 10.7 Å². The third-order valence-corrected chi connectivity index (χ3v) is 3.69. The minimum atomic E-state index is 0.283. The Labute approximate surface area is 121 Å². The molecule has 1 aromatic carbocycles. The monoisotopic (exact) mass is 272 g/mol. The molecule has 108 valence electrons. The molecule has 1 aliphatic heterocycles. The number of rotatable bonds is 7. The van der Waals surface area contributed by atoms with Crippen molar-refractivity contribution in [2.75, 3.05) is 18.0 Å². The highest BCUT2D eigenvalue weighted by atomic mass is 15.1. The van der Waals surface area contributed by atoms with Gasteiger partial charge in [-0.3, -0.25) is 5.41 Å². The Morgan fingerprint density at radius 3 is 2.40 bits per heavy atom. The largest absolute Gasteiger partial charge is 0.383 e. The molecule has 4 heteroatoms. The molecule has 0 saturated carbocycles. The van der Waals surface area contributed by atoms with E-state index in [1.807, 2.05) is 12.1 Å². The summed E-state index contributed by atoms with van der Waals surface area (Å²) in [6.07, 6.45) is 4.69. The number of hydrogen-bond donors (Lipinski definition) is 2. The Balaban J connectivity index is 2.34. The van der Waals surface area contributed by atoms with Crippen LogP contribution in [0.3, 0.4) is 0 Å². The zero-order valence-corrected chi connectivity index (χ0v) is 12.4. The molecule has 1 aliphatic rings. The lowest BCUT2D eigenvalue weighted by Crippen LogP contribution is -2.28. The number of nitrogens with zero attached hydrogens (tertiary/aromatic N) is 2. The van der Waals surface area contributed by atoms with Crippen molar-refractivity contribution in [1.82, 2.24) is 0 Å². The zero-order valence-electron chi connectivity index (χ0n) is 12.4. The summed E-state index contributed by atoms with van der Waals surface area (Å²) in [4.78, 5) is 6.51. The first kappa shape index (κ1) is 14.6. The van der Waals surface area contributed by atoms with Gasteiger partial charge in [-0.15, -0.1) is 0 Å². The van der Waals surface area contributed by atoms with Crippen LogP contribution in [0.25, 0.3) is 0 Å². The molecular formula is C16H24N4. The number of nitrogens with one attached hydrogen (secondary N) is 1. The lowest BCUT2D eigenvalue weighted by molar-refractivity contribution is 0.677. The van der Waals surface area contributed by atoms with Gasteiger partial charge in [0.1, 0.15) is 5.84 Å². The van der Waals surface area contributed by atoms with E-state index < -0.39 is 0 Å². The number of benzene rings is 1. The number of amidine groups is 2. The molecule has 1 heterocycles. The molecule has 1 aromatic rings. The molecule has 0 amide bonds. The Hall–Kier alpha value is -1.84. The van der Waals surface area contributed by atoms with Crippen molar-refractivity contribution >= 4 is 17.4 Å². The maximum atomic E-state index is 7.89. The molecule has 0 atom stereocenters. The van der Waals surface area contributed by atoms with Crippen LogP contribution in [-0.2, 0) is 0 Å². The van der Waals surface area contributed by atoms with Gasteiger partial charge in [-0.2, -0.15) is 0 Å². The minimum Gasteiger partial charge on any atom is -0.383 e. The van der Waals surface area contributed by atoms with Crippen molar-refractivity contribution in [1.29, 1.82) is 5.41 Å². The SMILES string of the molecule is CCCCN(CCCC)c1cccc2c1C(N)=NC2=N. The summed E-state index contributed by atoms with van der Waals surface area (Å²) < 4.78 is 0. The van der Waals surface area contributed by atoms with Gasteiger partial charge >= 0.3 is 0 Å². The van der Waals surface area contributed by atoms with Crippen molar-refractivity contribution in [3.63, 3.8) is 0 Å². The summed E-state index contributed by atoms with van der Waals surface area (Å²) >= 11 is 0. The van der Waals surface area contributed by atoms with Crippen molar-refractivity contribution in [2.45, 2.75) is 39.5 Å². The first-order chi connectivity index (χ1) is 9.69. The first-order valence-corrected chi connectivity index (χ1v) is 7.50. The van der Waals surface area contributed by atoms with Gasteiger partial charge in [0.25, 0.3) is 0 Å². The van der Waals surface area contributed by atoms with Gasteiger partial charge in [-0.25, -0.2) is 4.99 Å². The maximum Gasteiger partial charge on any atom is 0.155 e. The summed E-state index contributed by atoms with van der Waals surface area (Å²) in [6.45, 7) is 6.49. The number of hydrogen-bond acceptors (Lipinski definition) is 3. The first-order valence-electron chi connectivity index (χ1n) is 7.50. The minimum absolute atomic E-state index is 0.283. The fourth-order valence-corrected chi connectivity index (χ4v) is 2.56. The normalized spacial score (nSPS) is 13.3. The number of aliphatic imine (C=N–C) groups is 1. The Bertz CT molecular complexity index is 511. The molecular weight excluding hydrogens is 248 g/mol. The van der Waals surface area contributed by atoms with Crippen molar-refractivity contribution in [3.8, 4) is 0 Å². The highest BCUT2D eigenvalue weighted by molar-refractivity contribution is 6.23. The Morgan fingerprint density at radius 1 is 1.15 bits per heavy atom. The number of fused-ring (bicyclic) bond motifs is 1. The van der Waals surface area contributed by atoms with Crippen molar-refractivity contribution < 1.29 is 0 Å². The highest BCUT2D eigenvalue weighted by Crippen LogP contribution is 2.28. The third kappa shape index (κ3) is 2.84. The van der Waals surface area contributed by atoms with Gasteiger partial charge < -0.3 is 10.6 Å². The molecule has 3 N–H and O–H groups in total. The van der Waals surface area contributed by atoms with E-state index in [4.69, 9.17) is 11.1 Å². The number of anilines is 1. The lowest BCUT2D eigenvalue weighted by atomic mass is 10.0. The van der Waals surface area contributed by atoms with Crippen molar-refractivity contribution in [3.05, 3.63) is 29.3 Å². The third-order valence-electron chi connectivity index (χ3n) is 3.69. The van der Waals surface area contributed by atoms with Gasteiger partial charge in [0.2, 0.25) is 0 Å². The van der Waals surface area contributed by atoms with E-state index in [0.29, 0.717) is 5.84 Å². The van der Waals surface area contributed by atoms with Crippen LogP contribution >= 0.6 is 0 Å². The standard InChI is InChI=1S/C16H24N4/c1-3-5-10-20(11-6-4-2)13-9-7-8-12-14(13)16(18)19-15(12)17/h7-9H,3-6,10-11H2,1-2H3,(H3,17,18,19). The van der Waals surface area contributed by atoms with E-state index in [2.05, 4.69) is 29.8 Å². The second kappa shape index (κ2) is 6.55. The Kier molecular flexibility index (Phi) is 4.77. The predicted octanol–water partition coefficient (Wildman–Crippen LogP) is 3.14. The van der Waals surface area contributed by atoms with Crippen LogP contribution in [0.4, 0.5) is 5.69 Å². The maximum absolute atomic E-state index is 7.89. The van der Waals surface area contributed by atoms with Crippen LogP contribution in [0.5, 0.6) is 0 Å². The van der Waals surface area contributed by atoms with E-state index >= 15 is 0 Å². The molecule has 0 bridgehead atoms. The zero-order chi connectivity index (χ0) is 14.5. The Morgan fingerprint density at radius 2 is 1.80 bits per heavy atom. The predicted molar refractivity (Wildman–Crippen MR) is 86.0 cm³/mol. The molecule has 4 nitrogen and oxygen atoms in total. The summed E-state index contributed by atoms with van der Waals surface area (Å²) in [6, 6.07) is 6.04. The van der Waals surface area contributed by atoms with Gasteiger partial charge in [0.05, 0.1) is 5.56 Å². The van der Waals surface area contributed by atoms with Crippen LogP contribution in [0.1, 0.15) is 50.7 Å². The van der Waals surface area contributed by atoms with Gasteiger partial charge in [-0.1, -0.05) is 38.8 Å². The molecule has 0 unspecified atom stereocenters. The molecule has 0 aromatic heterocycles. The van der Waals surface area contributed by atoms with Gasteiger partial charge in [0, 0.05) is 24.3 Å². The smallest absolute Gasteiger partial charge is 0.155 e. The molecule has 20 heavy (non-hydrogen) atoms. The molecule has 0 radical (unpaired) electrons. The summed E-state index contributed by atoms with van der Waals surface area (Å²) in [7, 11) is 0. The van der Waals surface area contributed by atoms with Gasteiger partial charge in [-0.05, 0) is 18.9 Å². The molecule has 0 saturated heterocycles. The van der Waals surface area contributed by atoms with Crippen LogP contribution < -0.4 is 10.6 Å². The number of unbranched alkanes of at least 4 members (excludes halogenated alkanes) is 2. The van der Waals surface area contributed by atoms with E-state index in [-0.39, 0.29) is 5.84 Å². The van der Waals surface area contributed by atoms with Crippen LogP contribution in [0.15, 0.2) is 23.2 Å². The van der Waals surface area contributed by atoms with E-state index in [9.17, 15) is 0 Å². The molecule has 0 fully saturated rings. The fourth-order valence-electron chi connectivity index (χ4n) is 2.56. The lowest BCUT2D eigenvalue weighted by Gasteiger charge is -2.27. The average Bonchev–Trinajstić information content (AvgIpc) is 2.75. The van der Waals surface area contributed by atoms with E-state index in [0.717, 1.165) is 29.9 Å². The van der Waals surface area contributed by atoms with Crippen LogP contribution in [0.2, 0.25) is 0 Å². The van der Waals surface area contributed by atoms with E-state index in [1.54, 1.807) is 0 Å². The van der Waals surface area contributed by atoms with Crippen LogP contribution in [0, 0.1) is 5.41 Å². The molecule has 2 rings (SSSR count). The summed E-state index contributed by atoms with van der Waals surface area (Å²) in [5.41, 5.74) is 8.96. The quantitative estimate of drug-likeness (QED) is 0.801. The molecule has 0 aliphatic carbocycles. The number of nitrogens with two attached hydrogens (primary N) is 1. The second-order valence-electron chi connectivity index (χ2n) is 5.24. The highest BCUT2D eigenvalue weighted by Gasteiger charge is 2.23. The average molecular weight is 272 g/mol. The topological polar surface area (TPSA) is 65.5 Å².